The molecular formula is C30H35N3O3S. The number of rotatable bonds is 11. The molecule has 0 aliphatic carbocycles. The lowest BCUT2D eigenvalue weighted by Crippen LogP contribution is -2.34. The van der Waals surface area contributed by atoms with Crippen molar-refractivity contribution < 1.29 is 14.3 Å². The topological polar surface area (TPSA) is 79.5 Å². The minimum Gasteiger partial charge on any atom is -0.494 e. The molecule has 0 saturated heterocycles. The number of benzene rings is 3. The first-order chi connectivity index (χ1) is 17.9. The third-order valence-electron chi connectivity index (χ3n) is 6.04. The minimum absolute atomic E-state index is 0.101. The van der Waals surface area contributed by atoms with E-state index in [9.17, 15) is 9.59 Å². The van der Waals surface area contributed by atoms with E-state index in [2.05, 4.69) is 22.9 Å². The third-order valence-corrected chi connectivity index (χ3v) is 6.25. The van der Waals surface area contributed by atoms with Crippen LogP contribution in [0.5, 0.6) is 5.75 Å². The van der Waals surface area contributed by atoms with Crippen LogP contribution in [0.25, 0.3) is 0 Å². The van der Waals surface area contributed by atoms with Crippen molar-refractivity contribution in [1.29, 1.82) is 0 Å². The number of hydrogen-bond acceptors (Lipinski definition) is 4. The summed E-state index contributed by atoms with van der Waals surface area (Å²) in [5.74, 6) is 0.110. The second-order valence-corrected chi connectivity index (χ2v) is 9.40. The Labute approximate surface area is 224 Å². The number of nitrogens with one attached hydrogen (secondary N) is 3. The van der Waals surface area contributed by atoms with Crippen LogP contribution >= 0.6 is 12.2 Å². The Kier molecular flexibility index (Phi) is 10.6. The molecule has 2 amide bonds. The Morgan fingerprint density at radius 3 is 2.27 bits per heavy atom. The molecule has 0 atom stereocenters. The number of para-hydroxylation sites is 1. The fraction of sp³-hybridized carbons (Fsp3) is 0.300. The molecule has 3 aromatic rings. The average molecular weight is 518 g/mol. The molecule has 3 rings (SSSR count). The first-order valence-corrected chi connectivity index (χ1v) is 13.1. The van der Waals surface area contributed by atoms with Crippen molar-refractivity contribution >= 4 is 40.5 Å². The molecule has 0 unspecified atom stereocenters. The van der Waals surface area contributed by atoms with Crippen LogP contribution in [0.2, 0.25) is 0 Å². The zero-order valence-corrected chi connectivity index (χ0v) is 22.5. The van der Waals surface area contributed by atoms with Gasteiger partial charge in [0.1, 0.15) is 5.75 Å². The highest BCUT2D eigenvalue weighted by Gasteiger charge is 2.14. The van der Waals surface area contributed by atoms with E-state index < -0.39 is 0 Å². The molecule has 0 saturated carbocycles. The van der Waals surface area contributed by atoms with Gasteiger partial charge in [-0.05, 0) is 92.1 Å². The van der Waals surface area contributed by atoms with E-state index >= 15 is 0 Å². The second kappa shape index (κ2) is 14.1. The van der Waals surface area contributed by atoms with Gasteiger partial charge >= 0.3 is 0 Å². The molecule has 7 heteroatoms. The molecule has 0 heterocycles. The Morgan fingerprint density at radius 1 is 0.811 bits per heavy atom. The molecule has 0 radical (unpaired) electrons. The van der Waals surface area contributed by atoms with Gasteiger partial charge in [-0.3, -0.25) is 14.9 Å². The van der Waals surface area contributed by atoms with Crippen LogP contribution in [0.1, 0.15) is 70.9 Å². The standard InChI is InChI=1S/C30H35N3O3S/c1-4-5-6-7-10-19-36-25-17-14-23(15-18-25)28(34)33-30(37)32-27-12-9-8-11-26(27)29(35)31-24-16-13-21(2)22(3)20-24/h8-9,11-18,20H,4-7,10,19H2,1-3H3,(H,31,35)(H2,32,33,34,37). The largest absolute Gasteiger partial charge is 0.494 e. The first kappa shape index (κ1) is 27.9. The van der Waals surface area contributed by atoms with Crippen LogP contribution < -0.4 is 20.7 Å². The summed E-state index contributed by atoms with van der Waals surface area (Å²) in [6.45, 7) is 6.88. The maximum Gasteiger partial charge on any atom is 0.257 e. The summed E-state index contributed by atoms with van der Waals surface area (Å²) in [5, 5.41) is 8.67. The molecule has 0 fully saturated rings. The number of thiocarbonyl (C=S) groups is 1. The summed E-state index contributed by atoms with van der Waals surface area (Å²) < 4.78 is 5.76. The molecule has 3 aromatic carbocycles. The van der Waals surface area contributed by atoms with Gasteiger partial charge in [-0.15, -0.1) is 0 Å². The SMILES string of the molecule is CCCCCCCOc1ccc(C(=O)NC(=S)Nc2ccccc2C(=O)Nc2ccc(C)c(C)c2)cc1. The Bertz CT molecular complexity index is 1220. The fourth-order valence-corrected chi connectivity index (χ4v) is 3.94. The maximum absolute atomic E-state index is 12.9. The van der Waals surface area contributed by atoms with E-state index in [0.29, 0.717) is 29.1 Å². The monoisotopic (exact) mass is 517 g/mol. The molecule has 0 aromatic heterocycles. The normalized spacial score (nSPS) is 10.5. The summed E-state index contributed by atoms with van der Waals surface area (Å²) in [4.78, 5) is 25.6. The van der Waals surface area contributed by atoms with Gasteiger partial charge in [0.15, 0.2) is 5.11 Å². The lowest BCUT2D eigenvalue weighted by atomic mass is 10.1. The Balaban J connectivity index is 1.54. The number of unbranched alkanes of at least 4 members (excludes halogenated alkanes) is 4. The molecule has 0 bridgehead atoms. The van der Waals surface area contributed by atoms with Crippen LogP contribution in [0.4, 0.5) is 11.4 Å². The smallest absolute Gasteiger partial charge is 0.257 e. The zero-order chi connectivity index (χ0) is 26.6. The van der Waals surface area contributed by atoms with Crippen LogP contribution in [0.3, 0.4) is 0 Å². The van der Waals surface area contributed by atoms with Gasteiger partial charge in [-0.1, -0.05) is 50.8 Å². The van der Waals surface area contributed by atoms with Gasteiger partial charge in [0.2, 0.25) is 0 Å². The highest BCUT2D eigenvalue weighted by atomic mass is 32.1. The molecule has 3 N–H and O–H groups in total. The lowest BCUT2D eigenvalue weighted by molar-refractivity contribution is 0.0976. The van der Waals surface area contributed by atoms with Gasteiger partial charge < -0.3 is 15.4 Å². The number of amides is 2. The van der Waals surface area contributed by atoms with Crippen molar-refractivity contribution in [3.05, 3.63) is 89.0 Å². The van der Waals surface area contributed by atoms with Crippen molar-refractivity contribution in [3.8, 4) is 5.75 Å². The van der Waals surface area contributed by atoms with E-state index in [1.54, 1.807) is 48.5 Å². The van der Waals surface area contributed by atoms with Gasteiger partial charge in [0.05, 0.1) is 17.9 Å². The Hall–Kier alpha value is -3.71. The van der Waals surface area contributed by atoms with Crippen molar-refractivity contribution in [3.63, 3.8) is 0 Å². The lowest BCUT2D eigenvalue weighted by Gasteiger charge is -2.14. The molecule has 0 spiro atoms. The van der Waals surface area contributed by atoms with Gasteiger partial charge in [0, 0.05) is 11.3 Å². The highest BCUT2D eigenvalue weighted by molar-refractivity contribution is 7.80. The number of ether oxygens (including phenoxy) is 1. The summed E-state index contributed by atoms with van der Waals surface area (Å²) in [5.41, 5.74) is 4.32. The predicted molar refractivity (Wildman–Crippen MR) is 155 cm³/mol. The molecule has 37 heavy (non-hydrogen) atoms. The fourth-order valence-electron chi connectivity index (χ4n) is 3.73. The molecule has 194 valence electrons. The molecular weight excluding hydrogens is 482 g/mol. The summed E-state index contributed by atoms with van der Waals surface area (Å²) in [6.07, 6.45) is 5.89. The van der Waals surface area contributed by atoms with Crippen LogP contribution in [0.15, 0.2) is 66.7 Å². The van der Waals surface area contributed by atoms with Crippen LogP contribution in [-0.2, 0) is 0 Å². The van der Waals surface area contributed by atoms with E-state index in [4.69, 9.17) is 17.0 Å². The number of carbonyl (C=O) groups is 2. The number of carbonyl (C=O) groups excluding carboxylic acids is 2. The highest BCUT2D eigenvalue weighted by Crippen LogP contribution is 2.20. The summed E-state index contributed by atoms with van der Waals surface area (Å²) >= 11 is 5.35. The van der Waals surface area contributed by atoms with Gasteiger partial charge in [-0.25, -0.2) is 0 Å². The van der Waals surface area contributed by atoms with Gasteiger partial charge in [-0.2, -0.15) is 0 Å². The molecule has 0 aliphatic rings. The minimum atomic E-state index is -0.347. The zero-order valence-electron chi connectivity index (χ0n) is 21.7. The average Bonchev–Trinajstić information content (AvgIpc) is 2.89. The van der Waals surface area contributed by atoms with Crippen molar-refractivity contribution in [2.45, 2.75) is 52.9 Å². The van der Waals surface area contributed by atoms with Crippen molar-refractivity contribution in [2.75, 3.05) is 17.2 Å². The van der Waals surface area contributed by atoms with E-state index in [1.165, 1.54) is 19.3 Å². The number of anilines is 2. The van der Waals surface area contributed by atoms with Crippen LogP contribution in [0, 0.1) is 13.8 Å². The predicted octanol–water partition coefficient (Wildman–Crippen LogP) is 7.03. The van der Waals surface area contributed by atoms with E-state index in [1.807, 2.05) is 32.0 Å². The second-order valence-electron chi connectivity index (χ2n) is 8.99. The van der Waals surface area contributed by atoms with Gasteiger partial charge in [0.25, 0.3) is 11.8 Å². The summed E-state index contributed by atoms with van der Waals surface area (Å²) in [6, 6.07) is 19.7. The van der Waals surface area contributed by atoms with Crippen LogP contribution in [-0.4, -0.2) is 23.5 Å². The van der Waals surface area contributed by atoms with E-state index in [0.717, 1.165) is 29.7 Å². The quantitative estimate of drug-likeness (QED) is 0.188. The van der Waals surface area contributed by atoms with Crippen molar-refractivity contribution in [2.24, 2.45) is 0 Å². The third kappa shape index (κ3) is 8.72. The first-order valence-electron chi connectivity index (χ1n) is 12.7. The molecule has 0 aliphatic heterocycles. The number of hydrogen-bond donors (Lipinski definition) is 3. The Morgan fingerprint density at radius 2 is 1.54 bits per heavy atom. The van der Waals surface area contributed by atoms with Crippen molar-refractivity contribution in [1.82, 2.24) is 5.32 Å². The van der Waals surface area contributed by atoms with E-state index in [-0.39, 0.29) is 16.9 Å². The number of aryl methyl sites for hydroxylation is 2. The molecule has 6 nitrogen and oxygen atoms in total. The maximum atomic E-state index is 12.9. The summed E-state index contributed by atoms with van der Waals surface area (Å²) in [7, 11) is 0.